The van der Waals surface area contributed by atoms with Gasteiger partial charge in [-0.3, -0.25) is 0 Å². The lowest BCUT2D eigenvalue weighted by Crippen LogP contribution is -2.61. The molecule has 4 heterocycles. The highest BCUT2D eigenvalue weighted by Gasteiger charge is 2.58. The number of rotatable bonds is 12. The molecule has 0 bridgehead atoms. The Hall–Kier alpha value is -0.320. The molecule has 0 aromatic carbocycles. The second kappa shape index (κ2) is 7.01. The van der Waals surface area contributed by atoms with Crippen molar-refractivity contribution >= 4 is 0 Å². The summed E-state index contributed by atoms with van der Waals surface area (Å²) in [4.78, 5) is 0. The number of aliphatic hydroxyl groups excluding tert-OH is 4. The summed E-state index contributed by atoms with van der Waals surface area (Å²) in [5.74, 6) is 0. The summed E-state index contributed by atoms with van der Waals surface area (Å²) in [6.45, 7) is 2.22. The van der Waals surface area contributed by atoms with Gasteiger partial charge in [0, 0.05) is 25.7 Å². The summed E-state index contributed by atoms with van der Waals surface area (Å²) < 4.78 is 20.9. The van der Waals surface area contributed by atoms with E-state index in [1.54, 1.807) is 0 Å². The van der Waals surface area contributed by atoms with E-state index in [4.69, 9.17) is 18.9 Å². The zero-order valence-corrected chi connectivity index (χ0v) is 14.2. The molecule has 4 aliphatic rings. The van der Waals surface area contributed by atoms with Crippen molar-refractivity contribution in [3.63, 3.8) is 0 Å². The van der Waals surface area contributed by atoms with Crippen molar-refractivity contribution < 1.29 is 39.4 Å². The van der Waals surface area contributed by atoms with E-state index in [0.717, 1.165) is 0 Å². The van der Waals surface area contributed by atoms with Gasteiger partial charge in [0.1, 0.15) is 0 Å². The molecule has 144 valence electrons. The third-order valence-electron chi connectivity index (χ3n) is 5.86. The topological polar surface area (TPSA) is 131 Å². The molecule has 4 saturated heterocycles. The number of hydrogen-bond acceptors (Lipinski definition) is 8. The molecule has 0 saturated carbocycles. The Labute approximate surface area is 146 Å². The van der Waals surface area contributed by atoms with Crippen molar-refractivity contribution in [1.82, 2.24) is 0 Å². The highest BCUT2D eigenvalue weighted by Crippen LogP contribution is 2.45. The van der Waals surface area contributed by atoms with Crippen LogP contribution in [0.1, 0.15) is 25.7 Å². The van der Waals surface area contributed by atoms with Crippen LogP contribution in [0.25, 0.3) is 0 Å². The Morgan fingerprint density at radius 2 is 0.760 bits per heavy atom. The average Bonchev–Trinajstić information content (AvgIpc) is 3.38. The Morgan fingerprint density at radius 3 is 0.920 bits per heavy atom. The third kappa shape index (κ3) is 4.17. The van der Waals surface area contributed by atoms with Gasteiger partial charge in [0.05, 0.1) is 80.7 Å². The van der Waals surface area contributed by atoms with Crippen molar-refractivity contribution in [3.8, 4) is 0 Å². The second-order valence-corrected chi connectivity index (χ2v) is 7.83. The number of epoxide rings is 4. The van der Waals surface area contributed by atoms with Crippen LogP contribution in [-0.4, -0.2) is 95.7 Å². The van der Waals surface area contributed by atoms with Crippen molar-refractivity contribution in [2.45, 2.75) is 74.5 Å². The molecule has 8 unspecified atom stereocenters. The highest BCUT2D eigenvalue weighted by atomic mass is 16.6. The van der Waals surface area contributed by atoms with E-state index in [1.165, 1.54) is 0 Å². The largest absolute Gasteiger partial charge is 0.392 e. The monoisotopic (exact) mass is 360 g/mol. The van der Waals surface area contributed by atoms with E-state index < -0.39 is 29.8 Å². The van der Waals surface area contributed by atoms with Gasteiger partial charge in [-0.2, -0.15) is 0 Å². The molecule has 0 aromatic heterocycles. The van der Waals surface area contributed by atoms with E-state index in [0.29, 0.717) is 26.4 Å². The van der Waals surface area contributed by atoms with E-state index >= 15 is 0 Å². The molecule has 4 rings (SSSR count). The smallest absolute Gasteiger partial charge is 0.0834 e. The van der Waals surface area contributed by atoms with Crippen LogP contribution in [-0.2, 0) is 18.9 Å². The van der Waals surface area contributed by atoms with Gasteiger partial charge in [-0.1, -0.05) is 0 Å². The third-order valence-corrected chi connectivity index (χ3v) is 5.86. The van der Waals surface area contributed by atoms with Crippen LogP contribution in [0.2, 0.25) is 0 Å². The van der Waals surface area contributed by atoms with Gasteiger partial charge in [0.2, 0.25) is 0 Å². The zero-order chi connectivity index (χ0) is 17.6. The molecule has 8 atom stereocenters. The molecule has 4 fully saturated rings. The van der Waals surface area contributed by atoms with Gasteiger partial charge in [-0.05, 0) is 0 Å². The summed E-state index contributed by atoms with van der Waals surface area (Å²) in [5, 5.41) is 44.0. The summed E-state index contributed by atoms with van der Waals surface area (Å²) in [6.07, 6.45) is -3.68. The molecule has 0 spiro atoms. The first-order valence-corrected chi connectivity index (χ1v) is 9.18. The second-order valence-electron chi connectivity index (χ2n) is 7.83. The van der Waals surface area contributed by atoms with Crippen molar-refractivity contribution in [2.75, 3.05) is 26.4 Å². The summed E-state index contributed by atoms with van der Waals surface area (Å²) >= 11 is 0. The van der Waals surface area contributed by atoms with Gasteiger partial charge >= 0.3 is 0 Å². The predicted octanol–water partition coefficient (Wildman–Crippen LogP) is -1.43. The molecule has 4 N–H and O–H groups in total. The number of aliphatic hydroxyl groups is 4. The first-order chi connectivity index (χ1) is 12.0. The van der Waals surface area contributed by atoms with Crippen LogP contribution in [0.4, 0.5) is 0 Å². The Balaban J connectivity index is 1.58. The lowest BCUT2D eigenvalue weighted by Gasteiger charge is -2.48. The Morgan fingerprint density at radius 1 is 0.560 bits per heavy atom. The maximum atomic E-state index is 11.0. The van der Waals surface area contributed by atoms with Crippen molar-refractivity contribution in [3.05, 3.63) is 0 Å². The lowest BCUT2D eigenvalue weighted by molar-refractivity contribution is -0.203. The minimum absolute atomic E-state index is 0.0903. The fourth-order valence-electron chi connectivity index (χ4n) is 3.96. The van der Waals surface area contributed by atoms with Crippen molar-refractivity contribution in [1.29, 1.82) is 0 Å². The average molecular weight is 360 g/mol. The molecular weight excluding hydrogens is 332 g/mol. The molecule has 8 nitrogen and oxygen atoms in total. The van der Waals surface area contributed by atoms with E-state index in [-0.39, 0.29) is 50.1 Å². The van der Waals surface area contributed by atoms with E-state index in [2.05, 4.69) is 0 Å². The maximum absolute atomic E-state index is 11.0. The van der Waals surface area contributed by atoms with Gasteiger partial charge in [0.15, 0.2) is 0 Å². The molecule has 8 heteroatoms. The van der Waals surface area contributed by atoms with Crippen LogP contribution in [0, 0.1) is 5.41 Å². The highest BCUT2D eigenvalue weighted by molar-refractivity contribution is 5.07. The Kier molecular flexibility index (Phi) is 5.07. The minimum atomic E-state index is -1.48. The fourth-order valence-corrected chi connectivity index (χ4v) is 3.96. The molecule has 0 radical (unpaired) electrons. The summed E-state index contributed by atoms with van der Waals surface area (Å²) in [6, 6.07) is 0. The molecular formula is C17H28O8. The first-order valence-electron chi connectivity index (χ1n) is 9.18. The van der Waals surface area contributed by atoms with E-state index in [9.17, 15) is 20.4 Å². The summed E-state index contributed by atoms with van der Waals surface area (Å²) in [7, 11) is 0. The van der Waals surface area contributed by atoms with Crippen molar-refractivity contribution in [2.24, 2.45) is 5.41 Å². The maximum Gasteiger partial charge on any atom is 0.0834 e. The first kappa shape index (κ1) is 18.1. The van der Waals surface area contributed by atoms with Gasteiger partial charge in [-0.25, -0.2) is 0 Å². The normalized spacial score (nSPS) is 39.8. The molecule has 0 amide bonds. The van der Waals surface area contributed by atoms with E-state index in [1.807, 2.05) is 0 Å². The van der Waals surface area contributed by atoms with Crippen LogP contribution >= 0.6 is 0 Å². The van der Waals surface area contributed by atoms with Gasteiger partial charge in [-0.15, -0.1) is 0 Å². The molecule has 0 aliphatic carbocycles. The lowest BCUT2D eigenvalue weighted by atomic mass is 9.63. The number of ether oxygens (including phenoxy) is 4. The molecule has 4 aliphatic heterocycles. The van der Waals surface area contributed by atoms with Crippen LogP contribution < -0.4 is 0 Å². The van der Waals surface area contributed by atoms with Gasteiger partial charge in [0.25, 0.3) is 0 Å². The Bertz CT molecular complexity index is 372. The SMILES string of the molecule is OC(CC1CO1)C(C(O)CC1CO1)(C(O)CC1CO1)C(O)CC1CO1. The standard InChI is InChI=1S/C17H28O8/c18-13(1-9-5-22-9)17(14(19)2-10-6-23-10,15(20)3-11-7-24-11)16(21)4-12-8-25-12/h9-16,18-21H,1-8H2. The fraction of sp³-hybridized carbons (Fsp3) is 1.00. The minimum Gasteiger partial charge on any atom is -0.392 e. The quantitative estimate of drug-likeness (QED) is 0.312. The molecule has 0 aromatic rings. The predicted molar refractivity (Wildman–Crippen MR) is 83.9 cm³/mol. The van der Waals surface area contributed by atoms with Gasteiger partial charge < -0.3 is 39.4 Å². The summed E-state index contributed by atoms with van der Waals surface area (Å²) in [5.41, 5.74) is -1.48. The van der Waals surface area contributed by atoms with Crippen LogP contribution in [0.15, 0.2) is 0 Å². The van der Waals surface area contributed by atoms with Crippen LogP contribution in [0.3, 0.4) is 0 Å². The number of hydrogen-bond donors (Lipinski definition) is 4. The zero-order valence-electron chi connectivity index (χ0n) is 14.2. The van der Waals surface area contributed by atoms with Crippen LogP contribution in [0.5, 0.6) is 0 Å². The molecule has 25 heavy (non-hydrogen) atoms.